The van der Waals surface area contributed by atoms with Gasteiger partial charge in [0.2, 0.25) is 5.90 Å². The fraction of sp³-hybridized carbons (Fsp3) is 0.250. The van der Waals surface area contributed by atoms with Gasteiger partial charge in [-0.1, -0.05) is 37.3 Å². The first-order valence-electron chi connectivity index (χ1n) is 10.6. The summed E-state index contributed by atoms with van der Waals surface area (Å²) in [6.45, 7) is 6.03. The van der Waals surface area contributed by atoms with Crippen LogP contribution in [-0.4, -0.2) is 36.4 Å². The van der Waals surface area contributed by atoms with E-state index in [-0.39, 0.29) is 12.3 Å². The van der Waals surface area contributed by atoms with Gasteiger partial charge >= 0.3 is 5.69 Å². The summed E-state index contributed by atoms with van der Waals surface area (Å²) in [5.74, 6) is 0.490. The highest BCUT2D eigenvalue weighted by molar-refractivity contribution is 6.01. The molecule has 0 saturated carbocycles. The summed E-state index contributed by atoms with van der Waals surface area (Å²) in [6.07, 6.45) is 2.36. The molecule has 9 heteroatoms. The van der Waals surface area contributed by atoms with Gasteiger partial charge in [0, 0.05) is 36.2 Å². The maximum absolute atomic E-state index is 12.3. The van der Waals surface area contributed by atoms with Crippen LogP contribution in [0.2, 0.25) is 0 Å². The van der Waals surface area contributed by atoms with Crippen molar-refractivity contribution in [2.24, 2.45) is 17.3 Å². The van der Waals surface area contributed by atoms with Crippen LogP contribution in [-0.2, 0) is 18.4 Å². The van der Waals surface area contributed by atoms with E-state index in [1.54, 1.807) is 13.2 Å². The van der Waals surface area contributed by atoms with Gasteiger partial charge in [0.15, 0.2) is 0 Å². The number of aryl methyl sites for hydroxylation is 2. The van der Waals surface area contributed by atoms with Gasteiger partial charge in [0.05, 0.1) is 16.9 Å². The quantitative estimate of drug-likeness (QED) is 0.258. The molecule has 0 aliphatic rings. The number of benzene rings is 2. The van der Waals surface area contributed by atoms with E-state index in [2.05, 4.69) is 25.6 Å². The van der Waals surface area contributed by atoms with E-state index < -0.39 is 0 Å². The molecule has 2 heterocycles. The van der Waals surface area contributed by atoms with Crippen molar-refractivity contribution in [3.8, 4) is 5.69 Å². The molecule has 2 aromatic carbocycles. The number of nitrogens with zero attached hydrogens (tertiary/aromatic N) is 7. The highest BCUT2D eigenvalue weighted by Gasteiger charge is 2.14. The zero-order valence-electron chi connectivity index (χ0n) is 19.1. The lowest BCUT2D eigenvalue weighted by atomic mass is 10.1. The van der Waals surface area contributed by atoms with E-state index >= 15 is 0 Å². The fourth-order valence-corrected chi connectivity index (χ4v) is 3.35. The molecule has 2 aromatic heterocycles. The minimum absolute atomic E-state index is 0.226. The average molecular weight is 444 g/mol. The number of pyridine rings is 1. The predicted octanol–water partition coefficient (Wildman–Crippen LogP) is 3.57. The van der Waals surface area contributed by atoms with E-state index in [1.165, 1.54) is 9.36 Å². The first-order valence-corrected chi connectivity index (χ1v) is 10.6. The molecule has 0 aliphatic heterocycles. The normalized spacial score (nSPS) is 12.4. The molecule has 0 bridgehead atoms. The second-order valence-electron chi connectivity index (χ2n) is 7.61. The van der Waals surface area contributed by atoms with Gasteiger partial charge in [-0.25, -0.2) is 4.79 Å². The number of rotatable bonds is 6. The SMILES string of the molecule is CC/C(=N\N=C(C)c1cnc2ccccc2c1)OCc1c(C)cccc1-n1nnn(C)c1=O. The van der Waals surface area contributed by atoms with E-state index in [4.69, 9.17) is 4.74 Å². The lowest BCUT2D eigenvalue weighted by Gasteiger charge is -2.13. The Morgan fingerprint density at radius 1 is 1.09 bits per heavy atom. The number of tetrazole rings is 1. The van der Waals surface area contributed by atoms with Crippen LogP contribution in [0.3, 0.4) is 0 Å². The summed E-state index contributed by atoms with van der Waals surface area (Å²) in [7, 11) is 1.56. The average Bonchev–Trinajstić information content (AvgIpc) is 3.17. The summed E-state index contributed by atoms with van der Waals surface area (Å²) in [5.41, 5.74) is 4.69. The Morgan fingerprint density at radius 3 is 2.67 bits per heavy atom. The van der Waals surface area contributed by atoms with Crippen molar-refractivity contribution in [1.29, 1.82) is 0 Å². The molecule has 0 fully saturated rings. The molecule has 0 spiro atoms. The van der Waals surface area contributed by atoms with E-state index in [0.29, 0.717) is 18.0 Å². The first kappa shape index (κ1) is 22.1. The molecule has 4 rings (SSSR count). The predicted molar refractivity (Wildman–Crippen MR) is 128 cm³/mol. The number of hydrogen-bond acceptors (Lipinski definition) is 7. The number of para-hydroxylation sites is 1. The number of hydrogen-bond donors (Lipinski definition) is 0. The van der Waals surface area contributed by atoms with Gasteiger partial charge in [0.25, 0.3) is 0 Å². The summed E-state index contributed by atoms with van der Waals surface area (Å²) in [4.78, 5) is 16.8. The standard InChI is InChI=1S/C24H25N7O2/c1-5-23(27-26-17(3)19-13-18-10-6-7-11-21(18)25-14-19)33-15-20-16(2)9-8-12-22(20)31-24(32)30(4)28-29-31/h6-14H,5,15H2,1-4H3/b26-17?,27-23+. The second-order valence-corrected chi connectivity index (χ2v) is 7.61. The van der Waals surface area contributed by atoms with Crippen LogP contribution in [0.1, 0.15) is 37.0 Å². The Bertz CT molecular complexity index is 1420. The van der Waals surface area contributed by atoms with Gasteiger partial charge < -0.3 is 4.74 Å². The number of aromatic nitrogens is 5. The van der Waals surface area contributed by atoms with E-state index in [0.717, 1.165) is 33.3 Å². The molecular formula is C24H25N7O2. The van der Waals surface area contributed by atoms with Crippen molar-refractivity contribution in [3.05, 3.63) is 81.9 Å². The summed E-state index contributed by atoms with van der Waals surface area (Å²) < 4.78 is 8.43. The molecule has 9 nitrogen and oxygen atoms in total. The Kier molecular flexibility index (Phi) is 6.39. The van der Waals surface area contributed by atoms with Crippen molar-refractivity contribution >= 4 is 22.5 Å². The first-order chi connectivity index (χ1) is 16.0. The minimum atomic E-state index is -0.324. The van der Waals surface area contributed by atoms with Crippen LogP contribution in [0, 0.1) is 6.92 Å². The van der Waals surface area contributed by atoms with Gasteiger partial charge in [-0.05, 0) is 48.0 Å². The van der Waals surface area contributed by atoms with Crippen molar-refractivity contribution in [2.45, 2.75) is 33.8 Å². The Hall–Kier alpha value is -4.14. The fourth-order valence-electron chi connectivity index (χ4n) is 3.35. The smallest absolute Gasteiger partial charge is 0.368 e. The lowest BCUT2D eigenvalue weighted by molar-refractivity contribution is 0.282. The summed E-state index contributed by atoms with van der Waals surface area (Å²) in [5, 5.41) is 17.5. The van der Waals surface area contributed by atoms with Gasteiger partial charge in [0.1, 0.15) is 6.61 Å². The van der Waals surface area contributed by atoms with Crippen LogP contribution in [0.25, 0.3) is 16.6 Å². The third kappa shape index (κ3) is 4.72. The molecule has 0 atom stereocenters. The highest BCUT2D eigenvalue weighted by atomic mass is 16.5. The molecule has 0 unspecified atom stereocenters. The van der Waals surface area contributed by atoms with Crippen molar-refractivity contribution in [1.82, 2.24) is 24.8 Å². The minimum Gasteiger partial charge on any atom is -0.475 e. The second kappa shape index (κ2) is 9.56. The number of ether oxygens (including phenoxy) is 1. The molecule has 0 N–H and O–H groups in total. The lowest BCUT2D eigenvalue weighted by Crippen LogP contribution is -2.23. The molecule has 0 amide bonds. The molecule has 168 valence electrons. The third-order valence-electron chi connectivity index (χ3n) is 5.34. The van der Waals surface area contributed by atoms with Crippen LogP contribution >= 0.6 is 0 Å². The topological polar surface area (TPSA) is 99.5 Å². The molecule has 0 radical (unpaired) electrons. The largest absolute Gasteiger partial charge is 0.475 e. The van der Waals surface area contributed by atoms with E-state index in [1.807, 2.05) is 69.3 Å². The Labute approximate surface area is 191 Å². The van der Waals surface area contributed by atoms with Gasteiger partial charge in [-0.15, -0.1) is 5.10 Å². The van der Waals surface area contributed by atoms with E-state index in [9.17, 15) is 4.79 Å². The van der Waals surface area contributed by atoms with Gasteiger partial charge in [-0.2, -0.15) is 14.5 Å². The van der Waals surface area contributed by atoms with Crippen LogP contribution in [0.5, 0.6) is 0 Å². The molecule has 0 saturated heterocycles. The summed E-state index contributed by atoms with van der Waals surface area (Å²) in [6, 6.07) is 15.6. The molecule has 0 aliphatic carbocycles. The van der Waals surface area contributed by atoms with Crippen LogP contribution in [0.4, 0.5) is 0 Å². The zero-order chi connectivity index (χ0) is 23.4. The summed E-state index contributed by atoms with van der Waals surface area (Å²) >= 11 is 0. The maximum Gasteiger partial charge on any atom is 0.368 e. The van der Waals surface area contributed by atoms with Crippen molar-refractivity contribution < 1.29 is 4.74 Å². The maximum atomic E-state index is 12.3. The van der Waals surface area contributed by atoms with Gasteiger partial charge in [-0.3, -0.25) is 4.98 Å². The Balaban J connectivity index is 1.56. The number of fused-ring (bicyclic) bond motifs is 1. The molecule has 33 heavy (non-hydrogen) atoms. The molecule has 4 aromatic rings. The Morgan fingerprint density at radius 2 is 1.91 bits per heavy atom. The third-order valence-corrected chi connectivity index (χ3v) is 5.34. The van der Waals surface area contributed by atoms with Crippen LogP contribution in [0.15, 0.2) is 69.7 Å². The zero-order valence-corrected chi connectivity index (χ0v) is 19.1. The highest BCUT2D eigenvalue weighted by Crippen LogP contribution is 2.18. The monoisotopic (exact) mass is 443 g/mol. The van der Waals surface area contributed by atoms with Crippen LogP contribution < -0.4 is 5.69 Å². The van der Waals surface area contributed by atoms with Crippen molar-refractivity contribution in [3.63, 3.8) is 0 Å². The molecular weight excluding hydrogens is 418 g/mol. The van der Waals surface area contributed by atoms with Crippen molar-refractivity contribution in [2.75, 3.05) is 0 Å².